The summed E-state index contributed by atoms with van der Waals surface area (Å²) in [6.45, 7) is 13.2. The van der Waals surface area contributed by atoms with Gasteiger partial charge in [0.05, 0.1) is 40.3 Å². The Morgan fingerprint density at radius 2 is 1.73 bits per heavy atom. The van der Waals surface area contributed by atoms with Crippen LogP contribution in [0.1, 0.15) is 143 Å². The third kappa shape index (κ3) is 6.84. The van der Waals surface area contributed by atoms with Crippen molar-refractivity contribution in [2.24, 2.45) is 57.2 Å². The minimum Gasteiger partial charge on any atom is -0.508 e. The van der Waals surface area contributed by atoms with Crippen LogP contribution in [0.2, 0.25) is 0 Å². The summed E-state index contributed by atoms with van der Waals surface area (Å²) < 4.78 is 6.37. The number of carbonyl (C=O) groups excluding carboxylic acids is 2. The number of anilines is 1. The van der Waals surface area contributed by atoms with Crippen LogP contribution in [0.4, 0.5) is 5.69 Å². The maximum absolute atomic E-state index is 15.3. The van der Waals surface area contributed by atoms with Crippen molar-refractivity contribution in [2.45, 2.75) is 185 Å². The molecular weight excluding hydrogens is 835 g/mol. The van der Waals surface area contributed by atoms with E-state index < -0.39 is 62.5 Å². The molecule has 16 unspecified atom stereocenters. The predicted octanol–water partition coefficient (Wildman–Crippen LogP) is 8.12. The van der Waals surface area contributed by atoms with Gasteiger partial charge in [0.25, 0.3) is 0 Å². The molecule has 1 aromatic rings. The number of unbranched alkanes of at least 4 members (excludes halogenated alkanes) is 2. The fraction of sp³-hybridized carbons (Fsp3) is 0.804. The number of hydrogen-bond donors (Lipinski definition) is 6. The molecule has 6 fully saturated rings. The number of phenols is 1. The molecule has 0 aromatic heterocycles. The summed E-state index contributed by atoms with van der Waals surface area (Å²) in [5.74, 6) is 0.527. The number of aliphatic hydroxyl groups is 5. The molecule has 10 aliphatic rings. The third-order valence-electron chi connectivity index (χ3n) is 19.6. The molecule has 3 spiro atoms. The number of nitrogens with zero attached hydrogens (tertiary/aromatic N) is 1. The summed E-state index contributed by atoms with van der Waals surface area (Å²) in [6, 6.07) is 5.57. The monoisotopic (exact) mass is 909 g/mol. The number of allylic oxidation sites excluding steroid dienone is 1. The number of amides is 1. The van der Waals surface area contributed by atoms with Gasteiger partial charge in [-0.3, -0.25) is 9.59 Å². The first-order valence-electron chi connectivity index (χ1n) is 24.7. The van der Waals surface area contributed by atoms with Gasteiger partial charge in [-0.05, 0) is 148 Å². The third-order valence-corrected chi connectivity index (χ3v) is 22.2. The largest absolute Gasteiger partial charge is 0.508 e. The van der Waals surface area contributed by atoms with Gasteiger partial charge >= 0.3 is 0 Å². The van der Waals surface area contributed by atoms with Crippen molar-refractivity contribution in [3.63, 3.8) is 0 Å². The molecule has 5 aliphatic heterocycles. The molecule has 11 rings (SSSR count). The molecule has 10 nitrogen and oxygen atoms in total. The first kappa shape index (κ1) is 46.5. The lowest BCUT2D eigenvalue weighted by Gasteiger charge is -2.65. The fourth-order valence-corrected chi connectivity index (χ4v) is 18.8. The van der Waals surface area contributed by atoms with Crippen molar-refractivity contribution in [2.75, 3.05) is 17.2 Å². The molecule has 2 saturated heterocycles. The van der Waals surface area contributed by atoms with Gasteiger partial charge in [0.1, 0.15) is 17.3 Å². The van der Waals surface area contributed by atoms with Gasteiger partial charge in [-0.1, -0.05) is 88.3 Å². The normalized spacial score (nSPS) is 45.1. The van der Waals surface area contributed by atoms with Crippen LogP contribution >= 0.6 is 21.6 Å². The maximum atomic E-state index is 15.3. The number of aryl methyl sites for hydroxylation is 1. The number of aromatic hydroxyl groups is 1. The van der Waals surface area contributed by atoms with Crippen molar-refractivity contribution >= 4 is 39.0 Å². The highest BCUT2D eigenvalue weighted by atomic mass is 33.1. The average Bonchev–Trinajstić information content (AvgIpc) is 3.92. The zero-order valence-electron chi connectivity index (χ0n) is 38.6. The molecule has 12 heteroatoms. The zero-order chi connectivity index (χ0) is 45.1. The number of rotatable bonds is 8. The Bertz CT molecular complexity index is 1980. The zero-order valence-corrected chi connectivity index (χ0v) is 40.2. The van der Waals surface area contributed by atoms with Gasteiger partial charge in [-0.25, -0.2) is 0 Å². The minimum absolute atomic E-state index is 0.0572. The Kier molecular flexibility index (Phi) is 12.2. The Labute approximate surface area is 383 Å². The summed E-state index contributed by atoms with van der Waals surface area (Å²) in [6.07, 6.45) is 9.51. The van der Waals surface area contributed by atoms with Crippen LogP contribution in [0.5, 0.6) is 5.75 Å². The van der Waals surface area contributed by atoms with E-state index in [1.165, 1.54) is 21.6 Å². The number of ketones is 1. The Morgan fingerprint density at radius 1 is 0.968 bits per heavy atom. The highest BCUT2D eigenvalue weighted by Crippen LogP contribution is 2.74. The first-order valence-corrected chi connectivity index (χ1v) is 27.0. The molecule has 1 aromatic carbocycles. The second-order valence-electron chi connectivity index (χ2n) is 22.6. The van der Waals surface area contributed by atoms with Crippen LogP contribution in [0.3, 0.4) is 0 Å². The Morgan fingerprint density at radius 3 is 2.48 bits per heavy atom. The standard InChI is InChI=1S/C51H75NO9S2/c1-7-8-9-12-32-27-52-34-21-31(22-35(53)23-34)14-18-48-19-15-36-37(51(48,60)20-16-40(48)47(6,59)43-42(61-43)30(4)29(2)3)24-41(56)50(26-39(55)38(54)25-46(36,50)5)45(58)63-62-28-33-13-10-11-17-49(32,33)44(52)57/h21-24,29-30,32-33,36,38-40,42-43,45,53-55,58-60H,7-20,25-28H2,1-6H3. The molecule has 4 saturated carbocycles. The first-order chi connectivity index (χ1) is 29.8. The topological polar surface area (TPSA) is 171 Å². The molecule has 16 atom stereocenters. The molecule has 8 bridgehead atoms. The number of phenolic OH excluding ortho intramolecular Hbond substituents is 1. The van der Waals surface area contributed by atoms with Gasteiger partial charge in [0.15, 0.2) is 5.78 Å². The summed E-state index contributed by atoms with van der Waals surface area (Å²) in [5.41, 5.74) is -5.72. The number of benzene rings is 1. The van der Waals surface area contributed by atoms with Gasteiger partial charge < -0.3 is 40.3 Å². The van der Waals surface area contributed by atoms with Crippen molar-refractivity contribution in [1.29, 1.82) is 0 Å². The van der Waals surface area contributed by atoms with Gasteiger partial charge in [0, 0.05) is 29.5 Å². The van der Waals surface area contributed by atoms with Crippen molar-refractivity contribution in [3.8, 4) is 5.75 Å². The van der Waals surface area contributed by atoms with Crippen molar-refractivity contribution in [1.82, 2.24) is 0 Å². The van der Waals surface area contributed by atoms with E-state index in [0.29, 0.717) is 68.0 Å². The predicted molar refractivity (Wildman–Crippen MR) is 248 cm³/mol. The smallest absolute Gasteiger partial charge is 0.233 e. The molecule has 350 valence electrons. The van der Waals surface area contributed by atoms with E-state index in [1.54, 1.807) is 18.2 Å². The van der Waals surface area contributed by atoms with E-state index in [2.05, 4.69) is 33.8 Å². The second-order valence-corrected chi connectivity index (χ2v) is 25.1. The molecule has 5 aliphatic carbocycles. The van der Waals surface area contributed by atoms with Crippen LogP contribution < -0.4 is 4.90 Å². The van der Waals surface area contributed by atoms with Gasteiger partial charge in [-0.2, -0.15) is 0 Å². The molecule has 1 amide bonds. The Hall–Kier alpha value is -1.64. The fourth-order valence-electron chi connectivity index (χ4n) is 15.7. The second kappa shape index (κ2) is 16.6. The summed E-state index contributed by atoms with van der Waals surface area (Å²) in [7, 11) is 2.80. The number of fused-ring (bicyclic) bond motifs is 2. The van der Waals surface area contributed by atoms with E-state index in [-0.39, 0.29) is 60.1 Å². The highest BCUT2D eigenvalue weighted by Gasteiger charge is 2.75. The van der Waals surface area contributed by atoms with Crippen LogP contribution in [0.15, 0.2) is 29.8 Å². The summed E-state index contributed by atoms with van der Waals surface area (Å²) >= 11 is 0. The van der Waals surface area contributed by atoms with Crippen LogP contribution in [0.25, 0.3) is 0 Å². The van der Waals surface area contributed by atoms with E-state index in [4.69, 9.17) is 4.74 Å². The maximum Gasteiger partial charge on any atom is 0.233 e. The van der Waals surface area contributed by atoms with Gasteiger partial charge in [0.2, 0.25) is 5.91 Å². The lowest BCUT2D eigenvalue weighted by molar-refractivity contribution is -0.198. The number of epoxide rings is 1. The molecule has 5 heterocycles. The van der Waals surface area contributed by atoms with Crippen molar-refractivity contribution < 1.29 is 45.0 Å². The summed E-state index contributed by atoms with van der Waals surface area (Å²) in [5, 5.41) is 73.5. The van der Waals surface area contributed by atoms with Crippen LogP contribution in [-0.4, -0.2) is 95.7 Å². The van der Waals surface area contributed by atoms with Crippen LogP contribution in [0, 0.1) is 57.2 Å². The molecular formula is C51H75NO9S2. The molecule has 63 heavy (non-hydrogen) atoms. The van der Waals surface area contributed by atoms with E-state index in [0.717, 1.165) is 56.9 Å². The number of hydrogen-bond acceptors (Lipinski definition) is 11. The van der Waals surface area contributed by atoms with E-state index >= 15 is 9.59 Å². The highest BCUT2D eigenvalue weighted by molar-refractivity contribution is 8.76. The van der Waals surface area contributed by atoms with Crippen molar-refractivity contribution in [3.05, 3.63) is 35.4 Å². The summed E-state index contributed by atoms with van der Waals surface area (Å²) in [4.78, 5) is 32.6. The molecule has 0 radical (unpaired) electrons. The lowest BCUT2D eigenvalue weighted by atomic mass is 9.40. The number of aliphatic hydroxyl groups excluding tert-OH is 3. The lowest BCUT2D eigenvalue weighted by Crippen LogP contribution is -2.68. The quantitative estimate of drug-likeness (QED) is 0.0846. The number of carbonyl (C=O) groups is 2. The average molecular weight is 910 g/mol. The SMILES string of the molecule is CCCCCC1CN2C(=O)C13CCCCC3CSSC(O)C13CC(O)C(O)CC1(C)C1CCC4(CCc5cc(O)cc2c5)C(C(C)(O)C2OC2C(C)C(C)C)CCC4(O)C1=CC3=O. The van der Waals surface area contributed by atoms with Gasteiger partial charge in [-0.15, -0.1) is 0 Å². The minimum atomic E-state index is -1.50. The van der Waals surface area contributed by atoms with E-state index in [1.807, 2.05) is 18.7 Å². The van der Waals surface area contributed by atoms with Crippen LogP contribution in [-0.2, 0) is 20.7 Å². The molecule has 6 N–H and O–H groups in total. The Balaban J connectivity index is 1.19. The van der Waals surface area contributed by atoms with E-state index in [9.17, 15) is 30.6 Å². The number of ether oxygens (including phenoxy) is 1.